The number of amides is 1. The third-order valence-electron chi connectivity index (χ3n) is 5.07. The van der Waals surface area contributed by atoms with Crippen LogP contribution in [0.1, 0.15) is 26.3 Å². The second kappa shape index (κ2) is 10.0. The normalized spacial score (nSPS) is 13.3. The molecule has 1 heterocycles. The maximum Gasteiger partial charge on any atom is 0.355 e. The number of aryl methyl sites for hydroxylation is 1. The number of ether oxygens (including phenoxy) is 3. The summed E-state index contributed by atoms with van der Waals surface area (Å²) in [5.41, 5.74) is 1.15. The Morgan fingerprint density at radius 2 is 1.74 bits per heavy atom. The first-order chi connectivity index (χ1) is 16.2. The van der Waals surface area contributed by atoms with Gasteiger partial charge in [0.25, 0.3) is 5.91 Å². The molecule has 0 atom stereocenters. The van der Waals surface area contributed by atoms with Crippen molar-refractivity contribution in [3.63, 3.8) is 0 Å². The van der Waals surface area contributed by atoms with Crippen molar-refractivity contribution in [2.24, 2.45) is 0 Å². The lowest BCUT2D eigenvalue weighted by molar-refractivity contribution is -0.140. The highest BCUT2D eigenvalue weighted by atomic mass is 16.5. The Morgan fingerprint density at radius 3 is 2.35 bits per heavy atom. The van der Waals surface area contributed by atoms with E-state index in [9.17, 15) is 24.3 Å². The number of methoxy groups -OCH3 is 2. The molecular weight excluding hydrogens is 448 g/mol. The lowest BCUT2D eigenvalue weighted by Gasteiger charge is -2.32. The van der Waals surface area contributed by atoms with Gasteiger partial charge in [-0.2, -0.15) is 0 Å². The van der Waals surface area contributed by atoms with Crippen molar-refractivity contribution < 1.29 is 43.6 Å². The van der Waals surface area contributed by atoms with Crippen LogP contribution in [0.5, 0.6) is 5.75 Å². The van der Waals surface area contributed by atoms with Gasteiger partial charge in [0.05, 0.1) is 26.4 Å². The topological polar surface area (TPSA) is 152 Å². The fraction of sp³-hybridized carbons (Fsp3) is 0.217. The minimum atomic E-state index is -1.33. The smallest absolute Gasteiger partial charge is 0.355 e. The summed E-state index contributed by atoms with van der Waals surface area (Å²) in [7, 11) is 2.38. The first-order valence-electron chi connectivity index (χ1n) is 9.91. The number of hydrogen-bond donors (Lipinski definition) is 3. The molecule has 0 unspecified atom stereocenters. The van der Waals surface area contributed by atoms with Crippen LogP contribution in [0.2, 0.25) is 0 Å². The van der Waals surface area contributed by atoms with E-state index in [0.29, 0.717) is 11.3 Å². The average Bonchev–Trinajstić information content (AvgIpc) is 2.83. The molecule has 178 valence electrons. The van der Waals surface area contributed by atoms with E-state index in [1.54, 1.807) is 19.1 Å². The number of rotatable bonds is 6. The van der Waals surface area contributed by atoms with Gasteiger partial charge in [-0.3, -0.25) is 4.79 Å². The molecule has 2 aromatic rings. The molecule has 11 nitrogen and oxygen atoms in total. The second-order valence-electron chi connectivity index (χ2n) is 7.21. The van der Waals surface area contributed by atoms with E-state index in [0.717, 1.165) is 6.07 Å². The number of benzene rings is 2. The number of nitrogens with zero attached hydrogens (tertiary/aromatic N) is 1. The standard InChI is InChI=1S/C23H22N2O9/c1-12-8-13(20(27)24-14-5-7-18(26)15(9-14)21(28)29)4-6-17(12)25-11-34-10-16(22(30)32-2)19(25)23(31)33-3/h4-9,26H,10-11H2,1-3H3,(H,24,27)(H,28,29). The van der Waals surface area contributed by atoms with E-state index in [1.165, 1.54) is 37.3 Å². The molecule has 11 heteroatoms. The van der Waals surface area contributed by atoms with E-state index in [1.807, 2.05) is 0 Å². The van der Waals surface area contributed by atoms with Gasteiger partial charge in [0.15, 0.2) is 0 Å². The van der Waals surface area contributed by atoms with Crippen molar-refractivity contribution in [1.82, 2.24) is 0 Å². The summed E-state index contributed by atoms with van der Waals surface area (Å²) in [4.78, 5) is 50.0. The molecule has 0 saturated heterocycles. The number of hydrogen-bond acceptors (Lipinski definition) is 9. The number of anilines is 2. The summed E-state index contributed by atoms with van der Waals surface area (Å²) >= 11 is 0. The predicted octanol–water partition coefficient (Wildman–Crippen LogP) is 2.05. The average molecular weight is 470 g/mol. The maximum absolute atomic E-state index is 12.7. The zero-order valence-electron chi connectivity index (χ0n) is 18.6. The van der Waals surface area contributed by atoms with Crippen molar-refractivity contribution in [2.75, 3.05) is 37.8 Å². The Kier molecular flexibility index (Phi) is 7.17. The molecule has 0 aliphatic carbocycles. The summed E-state index contributed by atoms with van der Waals surface area (Å²) in [6, 6.07) is 8.32. The summed E-state index contributed by atoms with van der Waals surface area (Å²) in [5.74, 6) is -3.75. The lowest BCUT2D eigenvalue weighted by atomic mass is 10.1. The van der Waals surface area contributed by atoms with Crippen molar-refractivity contribution in [2.45, 2.75) is 6.92 Å². The molecule has 1 aliphatic rings. The van der Waals surface area contributed by atoms with Crippen molar-refractivity contribution in [3.05, 3.63) is 64.4 Å². The van der Waals surface area contributed by atoms with E-state index < -0.39 is 29.6 Å². The van der Waals surface area contributed by atoms with Gasteiger partial charge < -0.3 is 34.6 Å². The minimum Gasteiger partial charge on any atom is -0.507 e. The number of aromatic hydroxyl groups is 1. The highest BCUT2D eigenvalue weighted by Crippen LogP contribution is 2.30. The fourth-order valence-electron chi connectivity index (χ4n) is 3.42. The molecule has 1 aliphatic heterocycles. The minimum absolute atomic E-state index is 0.00313. The number of carbonyl (C=O) groups is 4. The summed E-state index contributed by atoms with van der Waals surface area (Å²) in [6.07, 6.45) is 0. The highest BCUT2D eigenvalue weighted by molar-refractivity contribution is 6.06. The third kappa shape index (κ3) is 4.84. The SMILES string of the molecule is COC(=O)C1=C(C(=O)OC)N(c2ccc(C(=O)Nc3ccc(O)c(C(=O)O)c3)cc2C)COC1. The summed E-state index contributed by atoms with van der Waals surface area (Å²) < 4.78 is 15.1. The van der Waals surface area contributed by atoms with Crippen LogP contribution in [0.4, 0.5) is 11.4 Å². The first kappa shape index (κ1) is 24.3. The molecule has 1 amide bonds. The van der Waals surface area contributed by atoms with E-state index in [-0.39, 0.29) is 41.4 Å². The van der Waals surface area contributed by atoms with Crippen LogP contribution in [-0.2, 0) is 23.8 Å². The van der Waals surface area contributed by atoms with Crippen LogP contribution in [0, 0.1) is 6.92 Å². The molecule has 3 N–H and O–H groups in total. The van der Waals surface area contributed by atoms with Crippen LogP contribution in [-0.4, -0.2) is 61.6 Å². The Balaban J connectivity index is 1.92. The van der Waals surface area contributed by atoms with Crippen molar-refractivity contribution >= 4 is 35.2 Å². The zero-order valence-corrected chi connectivity index (χ0v) is 18.6. The van der Waals surface area contributed by atoms with Gasteiger partial charge in [-0.1, -0.05) is 0 Å². The monoisotopic (exact) mass is 470 g/mol. The lowest BCUT2D eigenvalue weighted by Crippen LogP contribution is -2.39. The van der Waals surface area contributed by atoms with Gasteiger partial charge in [-0.25, -0.2) is 14.4 Å². The molecule has 0 aromatic heterocycles. The van der Waals surface area contributed by atoms with E-state index >= 15 is 0 Å². The van der Waals surface area contributed by atoms with Gasteiger partial charge in [0, 0.05) is 16.9 Å². The number of carbonyl (C=O) groups excluding carboxylic acids is 3. The van der Waals surface area contributed by atoms with Crippen LogP contribution in [0.3, 0.4) is 0 Å². The Bertz CT molecular complexity index is 1200. The number of esters is 2. The Morgan fingerprint density at radius 1 is 1.03 bits per heavy atom. The van der Waals surface area contributed by atoms with Gasteiger partial charge in [-0.15, -0.1) is 0 Å². The number of carboxylic acids is 1. The van der Waals surface area contributed by atoms with Crippen molar-refractivity contribution in [1.29, 1.82) is 0 Å². The zero-order chi connectivity index (χ0) is 25.0. The molecule has 0 spiro atoms. The maximum atomic E-state index is 12.7. The highest BCUT2D eigenvalue weighted by Gasteiger charge is 2.33. The molecule has 0 saturated carbocycles. The second-order valence-corrected chi connectivity index (χ2v) is 7.21. The molecule has 0 bridgehead atoms. The molecular formula is C23H22N2O9. The molecule has 0 radical (unpaired) electrons. The first-order valence-corrected chi connectivity index (χ1v) is 9.91. The van der Waals surface area contributed by atoms with Crippen LogP contribution < -0.4 is 10.2 Å². The molecule has 2 aromatic carbocycles. The largest absolute Gasteiger partial charge is 0.507 e. The van der Waals surface area contributed by atoms with Gasteiger partial charge in [-0.05, 0) is 48.9 Å². The van der Waals surface area contributed by atoms with Gasteiger partial charge in [0.2, 0.25) is 0 Å². The van der Waals surface area contributed by atoms with Crippen LogP contribution >= 0.6 is 0 Å². The number of nitrogens with one attached hydrogen (secondary N) is 1. The summed E-state index contributed by atoms with van der Waals surface area (Å²) in [5, 5.41) is 21.3. The molecule has 34 heavy (non-hydrogen) atoms. The predicted molar refractivity (Wildman–Crippen MR) is 119 cm³/mol. The van der Waals surface area contributed by atoms with Gasteiger partial charge in [0.1, 0.15) is 23.7 Å². The third-order valence-corrected chi connectivity index (χ3v) is 5.07. The van der Waals surface area contributed by atoms with Gasteiger partial charge >= 0.3 is 17.9 Å². The molecule has 3 rings (SSSR count). The number of aromatic carboxylic acids is 1. The van der Waals surface area contributed by atoms with E-state index in [2.05, 4.69) is 5.32 Å². The number of phenols is 1. The van der Waals surface area contributed by atoms with Crippen LogP contribution in [0.25, 0.3) is 0 Å². The Labute approximate surface area is 194 Å². The van der Waals surface area contributed by atoms with Crippen molar-refractivity contribution in [3.8, 4) is 5.75 Å². The number of carboxylic acid groups (broad SMARTS) is 1. The van der Waals surface area contributed by atoms with Crippen LogP contribution in [0.15, 0.2) is 47.7 Å². The molecule has 0 fully saturated rings. The quantitative estimate of drug-likeness (QED) is 0.422. The fourth-order valence-corrected chi connectivity index (χ4v) is 3.42. The summed E-state index contributed by atoms with van der Waals surface area (Å²) in [6.45, 7) is 1.54. The van der Waals surface area contributed by atoms with E-state index in [4.69, 9.17) is 19.3 Å². The Hall–Kier alpha value is -4.38.